The van der Waals surface area contributed by atoms with E-state index < -0.39 is 23.1 Å². The van der Waals surface area contributed by atoms with Crippen LogP contribution in [0.1, 0.15) is 17.5 Å². The van der Waals surface area contributed by atoms with E-state index in [2.05, 4.69) is 5.16 Å². The lowest BCUT2D eigenvalue weighted by Gasteiger charge is -2.13. The van der Waals surface area contributed by atoms with E-state index >= 15 is 0 Å². The van der Waals surface area contributed by atoms with Gasteiger partial charge in [0.2, 0.25) is 0 Å². The van der Waals surface area contributed by atoms with Crippen LogP contribution >= 0.6 is 0 Å². The van der Waals surface area contributed by atoms with Gasteiger partial charge >= 0.3 is 6.18 Å². The summed E-state index contributed by atoms with van der Waals surface area (Å²) in [4.78, 5) is 0. The van der Waals surface area contributed by atoms with Crippen molar-refractivity contribution in [3.63, 3.8) is 0 Å². The zero-order valence-corrected chi connectivity index (χ0v) is 9.81. The van der Waals surface area contributed by atoms with Crippen LogP contribution in [0.2, 0.25) is 0 Å². The first-order chi connectivity index (χ1) is 8.90. The summed E-state index contributed by atoms with van der Waals surface area (Å²) >= 11 is 0. The maximum absolute atomic E-state index is 12.7. The molecule has 0 spiro atoms. The number of amidine groups is 1. The Morgan fingerprint density at radius 3 is 2.58 bits per heavy atom. The maximum Gasteiger partial charge on any atom is 0.417 e. The van der Waals surface area contributed by atoms with Crippen LogP contribution in [0.25, 0.3) is 0 Å². The van der Waals surface area contributed by atoms with Crippen molar-refractivity contribution in [1.82, 2.24) is 0 Å². The summed E-state index contributed by atoms with van der Waals surface area (Å²) in [6.45, 7) is 0.0607. The van der Waals surface area contributed by atoms with Crippen molar-refractivity contribution in [1.29, 1.82) is 0 Å². The third-order valence-corrected chi connectivity index (χ3v) is 2.25. The molecule has 0 aliphatic rings. The highest BCUT2D eigenvalue weighted by atomic mass is 19.4. The molecule has 1 aromatic rings. The summed E-state index contributed by atoms with van der Waals surface area (Å²) in [5, 5.41) is 19.6. The molecular weight excluding hydrogens is 265 g/mol. The molecule has 8 heteroatoms. The lowest BCUT2D eigenvalue weighted by molar-refractivity contribution is -0.137. The van der Waals surface area contributed by atoms with Crippen LogP contribution in [0.5, 0.6) is 5.75 Å². The molecule has 1 rings (SSSR count). The molecular formula is C11H13F3N2O3. The second-order valence-corrected chi connectivity index (χ2v) is 3.62. The molecule has 0 aliphatic carbocycles. The third kappa shape index (κ3) is 4.02. The molecule has 0 aromatic heterocycles. The van der Waals surface area contributed by atoms with Gasteiger partial charge in [0.05, 0.1) is 12.2 Å². The Morgan fingerprint density at radius 2 is 2.05 bits per heavy atom. The average molecular weight is 278 g/mol. The number of nitrogens with zero attached hydrogens (tertiary/aromatic N) is 1. The number of aliphatic hydroxyl groups is 1. The lowest BCUT2D eigenvalue weighted by Crippen LogP contribution is -2.20. The standard InChI is InChI=1S/C11H13F3N2O3/c12-11(13,14)9-3-2-7(19-5-1-4-17)6-8(9)10(15)16-18/h2-3,6,17-18H,1,4-5H2,(H2,15,16). The maximum atomic E-state index is 12.7. The quantitative estimate of drug-likeness (QED) is 0.251. The van der Waals surface area contributed by atoms with Gasteiger partial charge in [0.1, 0.15) is 5.75 Å². The van der Waals surface area contributed by atoms with Gasteiger partial charge in [0.15, 0.2) is 5.84 Å². The van der Waals surface area contributed by atoms with Gasteiger partial charge < -0.3 is 20.8 Å². The highest BCUT2D eigenvalue weighted by molar-refractivity contribution is 5.99. The van der Waals surface area contributed by atoms with Crippen molar-refractivity contribution in [2.75, 3.05) is 13.2 Å². The molecule has 1 aromatic carbocycles. The van der Waals surface area contributed by atoms with Gasteiger partial charge in [0, 0.05) is 18.6 Å². The lowest BCUT2D eigenvalue weighted by atomic mass is 10.1. The van der Waals surface area contributed by atoms with Gasteiger partial charge in [-0.3, -0.25) is 0 Å². The van der Waals surface area contributed by atoms with E-state index in [-0.39, 0.29) is 19.0 Å². The molecule has 0 radical (unpaired) electrons. The van der Waals surface area contributed by atoms with E-state index in [4.69, 9.17) is 20.8 Å². The fourth-order valence-corrected chi connectivity index (χ4v) is 1.38. The molecule has 0 saturated carbocycles. The van der Waals surface area contributed by atoms with Crippen LogP contribution in [-0.4, -0.2) is 29.4 Å². The van der Waals surface area contributed by atoms with Crippen LogP contribution in [-0.2, 0) is 6.18 Å². The Bertz CT molecular complexity index is 461. The molecule has 0 unspecified atom stereocenters. The number of ether oxygens (including phenoxy) is 1. The van der Waals surface area contributed by atoms with E-state index in [1.165, 1.54) is 0 Å². The smallest absolute Gasteiger partial charge is 0.417 e. The summed E-state index contributed by atoms with van der Waals surface area (Å²) < 4.78 is 43.3. The number of rotatable bonds is 5. The molecule has 0 aliphatic heterocycles. The van der Waals surface area contributed by atoms with Gasteiger partial charge in [-0.15, -0.1) is 0 Å². The van der Waals surface area contributed by atoms with E-state index in [0.29, 0.717) is 6.42 Å². The van der Waals surface area contributed by atoms with Crippen LogP contribution in [0.15, 0.2) is 23.4 Å². The monoisotopic (exact) mass is 278 g/mol. The summed E-state index contributed by atoms with van der Waals surface area (Å²) in [5.41, 5.74) is 3.74. The number of halogens is 3. The first-order valence-electron chi connectivity index (χ1n) is 5.33. The molecule has 0 saturated heterocycles. The number of nitrogens with two attached hydrogens (primary N) is 1. The van der Waals surface area contributed by atoms with Crippen molar-refractivity contribution in [2.24, 2.45) is 10.9 Å². The van der Waals surface area contributed by atoms with Gasteiger partial charge in [-0.25, -0.2) is 0 Å². The molecule has 0 heterocycles. The van der Waals surface area contributed by atoms with Crippen molar-refractivity contribution >= 4 is 5.84 Å². The van der Waals surface area contributed by atoms with Crippen molar-refractivity contribution in [2.45, 2.75) is 12.6 Å². The Morgan fingerprint density at radius 1 is 1.37 bits per heavy atom. The minimum absolute atomic E-state index is 0.0896. The van der Waals surface area contributed by atoms with Crippen molar-refractivity contribution in [3.05, 3.63) is 29.3 Å². The number of hydrogen-bond acceptors (Lipinski definition) is 4. The summed E-state index contributed by atoms with van der Waals surface area (Å²) in [5.74, 6) is -0.511. The second-order valence-electron chi connectivity index (χ2n) is 3.62. The Balaban J connectivity index is 3.09. The minimum atomic E-state index is -4.62. The molecule has 19 heavy (non-hydrogen) atoms. The first kappa shape index (κ1) is 15.1. The Kier molecular flexibility index (Phi) is 4.99. The fourth-order valence-electron chi connectivity index (χ4n) is 1.38. The molecule has 4 N–H and O–H groups in total. The zero-order valence-electron chi connectivity index (χ0n) is 9.81. The Hall–Kier alpha value is -1.96. The Labute approximate surface area is 107 Å². The van der Waals surface area contributed by atoms with Gasteiger partial charge in [-0.2, -0.15) is 13.2 Å². The van der Waals surface area contributed by atoms with Gasteiger partial charge in [0.25, 0.3) is 0 Å². The van der Waals surface area contributed by atoms with E-state index in [1.54, 1.807) is 0 Å². The number of alkyl halides is 3. The van der Waals surface area contributed by atoms with Crippen molar-refractivity contribution in [3.8, 4) is 5.75 Å². The van der Waals surface area contributed by atoms with Crippen LogP contribution in [0.4, 0.5) is 13.2 Å². The largest absolute Gasteiger partial charge is 0.493 e. The number of benzene rings is 1. The summed E-state index contributed by atoms with van der Waals surface area (Å²) in [6, 6.07) is 2.96. The highest BCUT2D eigenvalue weighted by Gasteiger charge is 2.34. The minimum Gasteiger partial charge on any atom is -0.493 e. The molecule has 0 amide bonds. The zero-order chi connectivity index (χ0) is 14.5. The fraction of sp³-hybridized carbons (Fsp3) is 0.364. The predicted octanol–water partition coefficient (Wildman–Crippen LogP) is 1.56. The van der Waals surface area contributed by atoms with Gasteiger partial charge in [-0.1, -0.05) is 5.16 Å². The predicted molar refractivity (Wildman–Crippen MR) is 61.2 cm³/mol. The van der Waals surface area contributed by atoms with E-state index in [0.717, 1.165) is 18.2 Å². The molecule has 0 atom stereocenters. The molecule has 5 nitrogen and oxygen atoms in total. The van der Waals surface area contributed by atoms with Gasteiger partial charge in [-0.05, 0) is 18.2 Å². The molecule has 0 fully saturated rings. The van der Waals surface area contributed by atoms with E-state index in [1.807, 2.05) is 0 Å². The van der Waals surface area contributed by atoms with Crippen molar-refractivity contribution < 1.29 is 28.2 Å². The van der Waals surface area contributed by atoms with E-state index in [9.17, 15) is 13.2 Å². The third-order valence-electron chi connectivity index (χ3n) is 2.25. The topological polar surface area (TPSA) is 88.1 Å². The normalized spacial score (nSPS) is 12.5. The first-order valence-corrected chi connectivity index (χ1v) is 5.33. The highest BCUT2D eigenvalue weighted by Crippen LogP contribution is 2.33. The molecule has 106 valence electrons. The SMILES string of the molecule is N/C(=N/O)c1cc(OCCCO)ccc1C(F)(F)F. The van der Waals surface area contributed by atoms with Crippen LogP contribution in [0, 0.1) is 0 Å². The number of oxime groups is 1. The number of hydrogen-bond donors (Lipinski definition) is 3. The molecule has 0 bridgehead atoms. The average Bonchev–Trinajstić information content (AvgIpc) is 2.36. The summed E-state index contributed by atoms with van der Waals surface area (Å²) in [6.07, 6.45) is -4.27. The van der Waals surface area contributed by atoms with Crippen LogP contribution < -0.4 is 10.5 Å². The summed E-state index contributed by atoms with van der Waals surface area (Å²) in [7, 11) is 0. The second kappa shape index (κ2) is 6.28. The van der Waals surface area contributed by atoms with Crippen LogP contribution in [0.3, 0.4) is 0 Å². The number of aliphatic hydroxyl groups excluding tert-OH is 1.